The number of rotatable bonds is 8. The first-order valence-corrected chi connectivity index (χ1v) is 8.03. The van der Waals surface area contributed by atoms with Crippen molar-refractivity contribution in [2.24, 2.45) is 0 Å². The van der Waals surface area contributed by atoms with E-state index in [9.17, 15) is 4.79 Å². The van der Waals surface area contributed by atoms with Crippen LogP contribution in [0.4, 0.5) is 0 Å². The molecule has 112 valence electrons. The van der Waals surface area contributed by atoms with Crippen molar-refractivity contribution in [3.63, 3.8) is 0 Å². The summed E-state index contributed by atoms with van der Waals surface area (Å²) in [7, 11) is 0. The fraction of sp³-hybridized carbons (Fsp3) is 0.938. The van der Waals surface area contributed by atoms with Crippen LogP contribution >= 0.6 is 0 Å². The summed E-state index contributed by atoms with van der Waals surface area (Å²) in [5, 5.41) is 0. The minimum absolute atomic E-state index is 0.00183. The van der Waals surface area contributed by atoms with Gasteiger partial charge in [0, 0.05) is 5.54 Å². The third kappa shape index (κ3) is 5.52. The number of carbonyl (C=O) groups is 1. The lowest BCUT2D eigenvalue weighted by atomic mass is 9.87. The topological polar surface area (TPSA) is 29.5 Å². The number of piperidine rings is 1. The van der Waals surface area contributed by atoms with Crippen LogP contribution in [0, 0.1) is 0 Å². The quantitative estimate of drug-likeness (QED) is 0.496. The van der Waals surface area contributed by atoms with E-state index in [4.69, 9.17) is 4.74 Å². The predicted molar refractivity (Wildman–Crippen MR) is 79.2 cm³/mol. The van der Waals surface area contributed by atoms with Crippen molar-refractivity contribution in [3.05, 3.63) is 0 Å². The summed E-state index contributed by atoms with van der Waals surface area (Å²) in [6, 6.07) is 0. The smallest absolute Gasteiger partial charge is 0.307 e. The first-order valence-electron chi connectivity index (χ1n) is 8.03. The van der Waals surface area contributed by atoms with Gasteiger partial charge in [0.1, 0.15) is 0 Å². The Balaban J connectivity index is 2.61. The zero-order valence-electron chi connectivity index (χ0n) is 13.0. The first kappa shape index (κ1) is 16.5. The second-order valence-corrected chi connectivity index (χ2v) is 5.98. The maximum Gasteiger partial charge on any atom is 0.307 e. The molecule has 0 N–H and O–H groups in total. The molecular weight excluding hydrogens is 238 g/mol. The molecule has 3 heteroatoms. The molecule has 1 fully saturated rings. The van der Waals surface area contributed by atoms with Gasteiger partial charge < -0.3 is 4.74 Å². The highest BCUT2D eigenvalue weighted by Crippen LogP contribution is 2.30. The number of esters is 1. The Hall–Kier alpha value is -0.570. The number of hydrogen-bond donors (Lipinski definition) is 0. The van der Waals surface area contributed by atoms with Crippen LogP contribution in [0.3, 0.4) is 0 Å². The van der Waals surface area contributed by atoms with Crippen molar-refractivity contribution >= 4 is 5.97 Å². The number of nitrogens with zero attached hydrogens (tertiary/aromatic N) is 1. The van der Waals surface area contributed by atoms with E-state index in [2.05, 4.69) is 18.7 Å². The molecule has 1 unspecified atom stereocenters. The molecule has 0 aliphatic carbocycles. The Kier molecular flexibility index (Phi) is 7.44. The van der Waals surface area contributed by atoms with Gasteiger partial charge in [0.25, 0.3) is 0 Å². The van der Waals surface area contributed by atoms with E-state index in [1.54, 1.807) is 0 Å². The molecule has 0 aromatic heterocycles. The van der Waals surface area contributed by atoms with E-state index >= 15 is 0 Å². The first-order chi connectivity index (χ1) is 9.12. The third-order valence-corrected chi connectivity index (χ3v) is 4.27. The molecule has 1 rings (SSSR count). The van der Waals surface area contributed by atoms with Crippen LogP contribution in [0.15, 0.2) is 0 Å². The Morgan fingerprint density at radius 1 is 1.16 bits per heavy atom. The van der Waals surface area contributed by atoms with Gasteiger partial charge in [-0.15, -0.1) is 0 Å². The molecule has 1 saturated heterocycles. The van der Waals surface area contributed by atoms with Gasteiger partial charge in [-0.25, -0.2) is 0 Å². The average molecular weight is 269 g/mol. The van der Waals surface area contributed by atoms with Crippen molar-refractivity contribution in [3.8, 4) is 0 Å². The van der Waals surface area contributed by atoms with Crippen molar-refractivity contribution in [1.29, 1.82) is 0 Å². The van der Waals surface area contributed by atoms with Crippen molar-refractivity contribution in [2.45, 2.75) is 77.7 Å². The molecule has 0 radical (unpaired) electrons. The SMILES string of the molecule is CCCCCC(C)(CC(=O)OCC)N1CCCCC1. The Morgan fingerprint density at radius 2 is 1.84 bits per heavy atom. The minimum Gasteiger partial charge on any atom is -0.466 e. The summed E-state index contributed by atoms with van der Waals surface area (Å²) in [5.74, 6) is -0.0351. The van der Waals surface area contributed by atoms with E-state index in [1.807, 2.05) is 6.92 Å². The molecular formula is C16H31NO2. The lowest BCUT2D eigenvalue weighted by Crippen LogP contribution is -2.50. The lowest BCUT2D eigenvalue weighted by molar-refractivity contribution is -0.146. The summed E-state index contributed by atoms with van der Waals surface area (Å²) in [6.07, 6.45) is 9.23. The lowest BCUT2D eigenvalue weighted by Gasteiger charge is -2.43. The molecule has 1 heterocycles. The summed E-state index contributed by atoms with van der Waals surface area (Å²) in [6.45, 7) is 9.13. The van der Waals surface area contributed by atoms with Crippen molar-refractivity contribution in [1.82, 2.24) is 4.90 Å². The fourth-order valence-corrected chi connectivity index (χ4v) is 3.07. The van der Waals surface area contributed by atoms with Crippen LogP contribution in [0.5, 0.6) is 0 Å². The van der Waals surface area contributed by atoms with Crippen LogP contribution in [0.2, 0.25) is 0 Å². The molecule has 0 aromatic rings. The predicted octanol–water partition coefficient (Wildman–Crippen LogP) is 3.76. The highest BCUT2D eigenvalue weighted by molar-refractivity contribution is 5.70. The van der Waals surface area contributed by atoms with Gasteiger partial charge in [-0.2, -0.15) is 0 Å². The Morgan fingerprint density at radius 3 is 2.42 bits per heavy atom. The summed E-state index contributed by atoms with van der Waals surface area (Å²) < 4.78 is 5.17. The molecule has 1 atom stereocenters. The van der Waals surface area contributed by atoms with Crippen molar-refractivity contribution in [2.75, 3.05) is 19.7 Å². The Labute approximate surface area is 118 Å². The number of hydrogen-bond acceptors (Lipinski definition) is 3. The second-order valence-electron chi connectivity index (χ2n) is 5.98. The Bertz CT molecular complexity index is 261. The fourth-order valence-electron chi connectivity index (χ4n) is 3.07. The molecule has 1 aliphatic heterocycles. The molecule has 0 saturated carbocycles. The highest BCUT2D eigenvalue weighted by Gasteiger charge is 2.34. The minimum atomic E-state index is -0.0351. The normalized spacial score (nSPS) is 19.9. The maximum atomic E-state index is 11.9. The highest BCUT2D eigenvalue weighted by atomic mass is 16.5. The molecule has 1 aliphatic rings. The van der Waals surface area contributed by atoms with Crippen LogP contribution < -0.4 is 0 Å². The largest absolute Gasteiger partial charge is 0.466 e. The second kappa shape index (κ2) is 8.57. The van der Waals surface area contributed by atoms with E-state index in [1.165, 1.54) is 38.5 Å². The number of ether oxygens (including phenoxy) is 1. The van der Waals surface area contributed by atoms with E-state index in [0.717, 1.165) is 19.5 Å². The number of unbranched alkanes of at least 4 members (excludes halogenated alkanes) is 2. The third-order valence-electron chi connectivity index (χ3n) is 4.27. The standard InChI is InChI=1S/C16H31NO2/c1-4-6-8-11-16(3,14-15(18)19-5-2)17-12-9-7-10-13-17/h4-14H2,1-3H3. The van der Waals surface area contributed by atoms with E-state index in [0.29, 0.717) is 13.0 Å². The summed E-state index contributed by atoms with van der Waals surface area (Å²) in [4.78, 5) is 14.4. The van der Waals surface area contributed by atoms with E-state index in [-0.39, 0.29) is 11.5 Å². The van der Waals surface area contributed by atoms with Gasteiger partial charge in [0.2, 0.25) is 0 Å². The average Bonchev–Trinajstić information content (AvgIpc) is 2.40. The maximum absolute atomic E-state index is 11.9. The zero-order chi connectivity index (χ0) is 14.1. The van der Waals surface area contributed by atoms with Crippen LogP contribution in [-0.4, -0.2) is 36.1 Å². The van der Waals surface area contributed by atoms with Crippen LogP contribution in [0.1, 0.15) is 72.1 Å². The van der Waals surface area contributed by atoms with Gasteiger partial charge in [0.05, 0.1) is 13.0 Å². The van der Waals surface area contributed by atoms with Crippen LogP contribution in [-0.2, 0) is 9.53 Å². The van der Waals surface area contributed by atoms with Crippen molar-refractivity contribution < 1.29 is 9.53 Å². The number of likely N-dealkylation sites (tertiary alicyclic amines) is 1. The molecule has 3 nitrogen and oxygen atoms in total. The zero-order valence-corrected chi connectivity index (χ0v) is 13.0. The summed E-state index contributed by atoms with van der Waals surface area (Å²) >= 11 is 0. The van der Waals surface area contributed by atoms with Gasteiger partial charge in [-0.3, -0.25) is 9.69 Å². The van der Waals surface area contributed by atoms with Gasteiger partial charge >= 0.3 is 5.97 Å². The molecule has 0 bridgehead atoms. The molecule has 0 spiro atoms. The number of carbonyl (C=O) groups excluding carboxylic acids is 1. The van der Waals surface area contributed by atoms with Crippen LogP contribution in [0.25, 0.3) is 0 Å². The van der Waals surface area contributed by atoms with Gasteiger partial charge in [-0.05, 0) is 46.2 Å². The monoisotopic (exact) mass is 269 g/mol. The molecule has 19 heavy (non-hydrogen) atoms. The molecule has 0 amide bonds. The van der Waals surface area contributed by atoms with Gasteiger partial charge in [-0.1, -0.05) is 32.6 Å². The molecule has 0 aromatic carbocycles. The van der Waals surface area contributed by atoms with Gasteiger partial charge in [0.15, 0.2) is 0 Å². The van der Waals surface area contributed by atoms with E-state index < -0.39 is 0 Å². The summed E-state index contributed by atoms with van der Waals surface area (Å²) in [5.41, 5.74) is 0.00183.